The molecular weight excluding hydrogens is 350 g/mol. The molecule has 1 aromatic heterocycles. The Bertz CT molecular complexity index is 892. The SMILES string of the molecule is CCCn1c(=O)n(CCC(=O)NC2(CC(=O)O)CCOC2)c2ccccc21. The molecule has 146 valence electrons. The van der Waals surface area contributed by atoms with E-state index in [9.17, 15) is 14.4 Å². The van der Waals surface area contributed by atoms with Gasteiger partial charge in [0.25, 0.3) is 0 Å². The van der Waals surface area contributed by atoms with Gasteiger partial charge in [-0.1, -0.05) is 19.1 Å². The van der Waals surface area contributed by atoms with Gasteiger partial charge in [-0.3, -0.25) is 18.7 Å². The summed E-state index contributed by atoms with van der Waals surface area (Å²) in [6, 6.07) is 7.53. The number of hydrogen-bond acceptors (Lipinski definition) is 4. The van der Waals surface area contributed by atoms with Crippen LogP contribution in [0.3, 0.4) is 0 Å². The third kappa shape index (κ3) is 4.05. The van der Waals surface area contributed by atoms with Crippen LogP contribution in [-0.2, 0) is 27.4 Å². The lowest BCUT2D eigenvalue weighted by molar-refractivity contribution is -0.139. The molecular formula is C19H25N3O5. The van der Waals surface area contributed by atoms with E-state index in [0.717, 1.165) is 17.5 Å². The zero-order valence-electron chi connectivity index (χ0n) is 15.4. The fourth-order valence-corrected chi connectivity index (χ4v) is 3.68. The summed E-state index contributed by atoms with van der Waals surface area (Å²) in [6.07, 6.45) is 1.24. The number of para-hydroxylation sites is 2. The number of aliphatic carboxylic acids is 1. The van der Waals surface area contributed by atoms with Gasteiger partial charge in [-0.2, -0.15) is 0 Å². The molecule has 1 amide bonds. The van der Waals surface area contributed by atoms with Gasteiger partial charge in [-0.15, -0.1) is 0 Å². The Morgan fingerprint density at radius 1 is 1.22 bits per heavy atom. The number of hydrogen-bond donors (Lipinski definition) is 2. The van der Waals surface area contributed by atoms with Crippen molar-refractivity contribution < 1.29 is 19.4 Å². The summed E-state index contributed by atoms with van der Waals surface area (Å²) in [5.74, 6) is -1.25. The van der Waals surface area contributed by atoms with Crippen LogP contribution in [0.1, 0.15) is 32.6 Å². The van der Waals surface area contributed by atoms with E-state index in [0.29, 0.717) is 19.6 Å². The van der Waals surface area contributed by atoms with Crippen molar-refractivity contribution in [2.45, 2.75) is 51.2 Å². The van der Waals surface area contributed by atoms with E-state index < -0.39 is 11.5 Å². The van der Waals surface area contributed by atoms with Crippen molar-refractivity contribution in [3.8, 4) is 0 Å². The first-order valence-electron chi connectivity index (χ1n) is 9.24. The minimum absolute atomic E-state index is 0.0986. The molecule has 2 heterocycles. The van der Waals surface area contributed by atoms with Crippen molar-refractivity contribution in [3.63, 3.8) is 0 Å². The molecule has 1 saturated heterocycles. The van der Waals surface area contributed by atoms with E-state index >= 15 is 0 Å². The van der Waals surface area contributed by atoms with Crippen LogP contribution < -0.4 is 11.0 Å². The van der Waals surface area contributed by atoms with Crippen molar-refractivity contribution >= 4 is 22.9 Å². The van der Waals surface area contributed by atoms with E-state index in [-0.39, 0.29) is 37.6 Å². The largest absolute Gasteiger partial charge is 0.481 e. The highest BCUT2D eigenvalue weighted by molar-refractivity contribution is 5.79. The van der Waals surface area contributed by atoms with E-state index in [1.807, 2.05) is 31.2 Å². The maximum absolute atomic E-state index is 12.7. The quantitative estimate of drug-likeness (QED) is 0.725. The van der Waals surface area contributed by atoms with Gasteiger partial charge < -0.3 is 15.2 Å². The van der Waals surface area contributed by atoms with E-state index in [1.165, 1.54) is 0 Å². The maximum Gasteiger partial charge on any atom is 0.329 e. The molecule has 1 atom stereocenters. The predicted molar refractivity (Wildman–Crippen MR) is 99.7 cm³/mol. The standard InChI is InChI=1S/C19H25N3O5/c1-2-9-21-14-5-3-4-6-15(14)22(18(21)26)10-7-16(23)20-19(12-17(24)25)8-11-27-13-19/h3-6H,2,7-13H2,1H3,(H,20,23)(H,24,25). The van der Waals surface area contributed by atoms with Gasteiger partial charge in [-0.05, 0) is 25.0 Å². The highest BCUT2D eigenvalue weighted by Gasteiger charge is 2.38. The number of nitrogens with one attached hydrogen (secondary N) is 1. The van der Waals surface area contributed by atoms with Gasteiger partial charge >= 0.3 is 11.7 Å². The number of amides is 1. The predicted octanol–water partition coefficient (Wildman–Crippen LogP) is 1.35. The zero-order valence-corrected chi connectivity index (χ0v) is 15.4. The summed E-state index contributed by atoms with van der Waals surface area (Å²) < 4.78 is 8.63. The second kappa shape index (κ2) is 7.96. The lowest BCUT2D eigenvalue weighted by Crippen LogP contribution is -2.50. The summed E-state index contributed by atoms with van der Waals surface area (Å²) in [5.41, 5.74) is 0.671. The van der Waals surface area contributed by atoms with Crippen LogP contribution in [0.2, 0.25) is 0 Å². The molecule has 1 aliphatic rings. The smallest absolute Gasteiger partial charge is 0.329 e. The molecule has 8 heteroatoms. The minimum atomic E-state index is -0.973. The third-order valence-corrected chi connectivity index (χ3v) is 4.93. The van der Waals surface area contributed by atoms with Gasteiger partial charge in [-0.25, -0.2) is 4.79 Å². The van der Waals surface area contributed by atoms with Crippen molar-refractivity contribution in [1.29, 1.82) is 0 Å². The maximum atomic E-state index is 12.7. The summed E-state index contributed by atoms with van der Waals surface area (Å²) in [4.78, 5) is 36.3. The fourth-order valence-electron chi connectivity index (χ4n) is 3.68. The molecule has 1 fully saturated rings. The Morgan fingerprint density at radius 2 is 1.89 bits per heavy atom. The van der Waals surface area contributed by atoms with Crippen LogP contribution >= 0.6 is 0 Å². The second-order valence-corrected chi connectivity index (χ2v) is 7.03. The average Bonchev–Trinajstić information content (AvgIpc) is 3.17. The van der Waals surface area contributed by atoms with E-state index in [4.69, 9.17) is 9.84 Å². The second-order valence-electron chi connectivity index (χ2n) is 7.03. The summed E-state index contributed by atoms with van der Waals surface area (Å²) in [6.45, 7) is 3.50. The van der Waals surface area contributed by atoms with Crippen LogP contribution in [0.25, 0.3) is 11.0 Å². The molecule has 3 rings (SSSR count). The number of imidazole rings is 1. The molecule has 1 unspecified atom stereocenters. The van der Waals surface area contributed by atoms with Crippen molar-refractivity contribution in [2.75, 3.05) is 13.2 Å². The number of carboxylic acids is 1. The van der Waals surface area contributed by atoms with Crippen molar-refractivity contribution in [2.24, 2.45) is 0 Å². The minimum Gasteiger partial charge on any atom is -0.481 e. The summed E-state index contributed by atoms with van der Waals surface area (Å²) in [7, 11) is 0. The number of aryl methyl sites for hydroxylation is 2. The van der Waals surface area contributed by atoms with E-state index in [2.05, 4.69) is 5.32 Å². The molecule has 2 aromatic rings. The molecule has 27 heavy (non-hydrogen) atoms. The van der Waals surface area contributed by atoms with E-state index in [1.54, 1.807) is 9.13 Å². The number of carbonyl (C=O) groups is 2. The highest BCUT2D eigenvalue weighted by atomic mass is 16.5. The Kier molecular flexibility index (Phi) is 5.65. The lowest BCUT2D eigenvalue weighted by atomic mass is 9.94. The number of ether oxygens (including phenoxy) is 1. The van der Waals surface area contributed by atoms with Crippen LogP contribution in [0.4, 0.5) is 0 Å². The normalized spacial score (nSPS) is 19.4. The monoisotopic (exact) mass is 375 g/mol. The Hall–Kier alpha value is -2.61. The topological polar surface area (TPSA) is 103 Å². The number of aromatic nitrogens is 2. The number of nitrogens with zero attached hydrogens (tertiary/aromatic N) is 2. The first-order valence-corrected chi connectivity index (χ1v) is 9.24. The molecule has 8 nitrogen and oxygen atoms in total. The van der Waals surface area contributed by atoms with Gasteiger partial charge in [0.05, 0.1) is 29.6 Å². The molecule has 0 spiro atoms. The van der Waals surface area contributed by atoms with Crippen molar-refractivity contribution in [1.82, 2.24) is 14.5 Å². The molecule has 1 aliphatic heterocycles. The molecule has 0 saturated carbocycles. The fraction of sp³-hybridized carbons (Fsp3) is 0.526. The van der Waals surface area contributed by atoms with Gasteiger partial charge in [0.15, 0.2) is 0 Å². The molecule has 1 aromatic carbocycles. The van der Waals surface area contributed by atoms with Crippen LogP contribution in [0, 0.1) is 0 Å². The van der Waals surface area contributed by atoms with Gasteiger partial charge in [0.2, 0.25) is 5.91 Å². The number of carboxylic acid groups (broad SMARTS) is 1. The zero-order chi connectivity index (χ0) is 19.4. The lowest BCUT2D eigenvalue weighted by Gasteiger charge is -2.27. The number of benzene rings is 1. The average molecular weight is 375 g/mol. The Balaban J connectivity index is 1.75. The Morgan fingerprint density at radius 3 is 2.44 bits per heavy atom. The molecule has 0 aliphatic carbocycles. The molecule has 0 radical (unpaired) electrons. The van der Waals surface area contributed by atoms with Crippen LogP contribution in [0.15, 0.2) is 29.1 Å². The molecule has 0 bridgehead atoms. The van der Waals surface area contributed by atoms with Crippen molar-refractivity contribution in [3.05, 3.63) is 34.7 Å². The third-order valence-electron chi connectivity index (χ3n) is 4.93. The highest BCUT2D eigenvalue weighted by Crippen LogP contribution is 2.23. The Labute approximate surface area is 156 Å². The van der Waals surface area contributed by atoms with Gasteiger partial charge in [0, 0.05) is 26.1 Å². The van der Waals surface area contributed by atoms with Gasteiger partial charge in [0.1, 0.15) is 0 Å². The summed E-state index contributed by atoms with van der Waals surface area (Å²) in [5, 5.41) is 11.9. The number of carbonyl (C=O) groups excluding carboxylic acids is 1. The van der Waals surface area contributed by atoms with Crippen LogP contribution in [-0.4, -0.2) is 44.9 Å². The van der Waals surface area contributed by atoms with Crippen LogP contribution in [0.5, 0.6) is 0 Å². The summed E-state index contributed by atoms with van der Waals surface area (Å²) >= 11 is 0. The first-order chi connectivity index (χ1) is 13.0. The number of rotatable bonds is 8. The first kappa shape index (κ1) is 19.2. The molecule has 2 N–H and O–H groups in total. The number of fused-ring (bicyclic) bond motifs is 1.